The Balaban J connectivity index is 0. The molecule has 0 saturated carbocycles. The van der Waals surface area contributed by atoms with Crippen LogP contribution in [0.2, 0.25) is 0 Å². The number of carbonyl (C=O) groups is 2. The highest BCUT2D eigenvalue weighted by Gasteiger charge is 2.11. The van der Waals surface area contributed by atoms with E-state index in [2.05, 4.69) is 38.2 Å². The second-order valence-electron chi connectivity index (χ2n) is 15.8. The standard InChI is InChI=1S/2C18H34O3.C12H19NO2/c2*1-2-3-4-11-14-17(19)15-12-9-7-5-6-8-10-13-16-18(20)21;1-10(14)8-13(9-11(2)15)12-6-4-3-5-7-12/h2*9,12,17,19H,2-8,10-11,13-16H2,1H3,(H,20,21);3-7,10-11,14-15H,8-9H2,1-2H3/t2*17-;/m11./s1. The summed E-state index contributed by atoms with van der Waals surface area (Å²) in [5.74, 6) is -1.38. The van der Waals surface area contributed by atoms with Crippen molar-refractivity contribution in [1.82, 2.24) is 0 Å². The van der Waals surface area contributed by atoms with Crippen LogP contribution in [-0.2, 0) is 9.59 Å². The molecule has 1 aromatic rings. The van der Waals surface area contributed by atoms with E-state index in [0.717, 1.165) is 108 Å². The summed E-state index contributed by atoms with van der Waals surface area (Å²) in [5, 5.41) is 55.4. The fourth-order valence-corrected chi connectivity index (χ4v) is 6.29. The lowest BCUT2D eigenvalue weighted by Gasteiger charge is -2.27. The number of hydrogen-bond acceptors (Lipinski definition) is 7. The number of aliphatic hydroxyl groups is 4. The predicted octanol–water partition coefficient (Wildman–Crippen LogP) is 11.4. The lowest BCUT2D eigenvalue weighted by Crippen LogP contribution is -2.36. The second kappa shape index (κ2) is 42.9. The lowest BCUT2D eigenvalue weighted by molar-refractivity contribution is -0.138. The van der Waals surface area contributed by atoms with E-state index in [1.165, 1.54) is 51.4 Å². The summed E-state index contributed by atoms with van der Waals surface area (Å²) in [6, 6.07) is 9.81. The first-order valence-electron chi connectivity index (χ1n) is 22.7. The molecule has 0 spiro atoms. The molecule has 0 heterocycles. The quantitative estimate of drug-likeness (QED) is 0.0290. The number of hydrogen-bond donors (Lipinski definition) is 6. The summed E-state index contributed by atoms with van der Waals surface area (Å²) in [6.07, 6.45) is 33.9. The maximum atomic E-state index is 10.3. The normalized spacial score (nSPS) is 13.3. The molecule has 9 heteroatoms. The molecular weight excluding hydrogens is 719 g/mol. The van der Waals surface area contributed by atoms with Gasteiger partial charge < -0.3 is 35.5 Å². The van der Waals surface area contributed by atoms with Crippen molar-refractivity contribution >= 4 is 17.6 Å². The number of carboxylic acids is 2. The molecule has 0 aromatic heterocycles. The number of benzene rings is 1. The Bertz CT molecular complexity index is 998. The van der Waals surface area contributed by atoms with Gasteiger partial charge in [0.1, 0.15) is 0 Å². The third-order valence-electron chi connectivity index (χ3n) is 9.54. The first kappa shape index (κ1) is 56.4. The zero-order valence-corrected chi connectivity index (χ0v) is 36.8. The van der Waals surface area contributed by atoms with Gasteiger partial charge in [-0.3, -0.25) is 9.59 Å². The van der Waals surface area contributed by atoms with Crippen molar-refractivity contribution in [2.75, 3.05) is 18.0 Å². The van der Waals surface area contributed by atoms with Gasteiger partial charge in [0.25, 0.3) is 0 Å². The average Bonchev–Trinajstić information content (AvgIpc) is 3.16. The number of aliphatic carboxylic acids is 2. The molecule has 0 aliphatic carbocycles. The molecule has 0 radical (unpaired) electrons. The van der Waals surface area contributed by atoms with Gasteiger partial charge in [-0.2, -0.15) is 0 Å². The molecule has 0 saturated heterocycles. The van der Waals surface area contributed by atoms with Crippen LogP contribution in [0.4, 0.5) is 5.69 Å². The molecule has 6 N–H and O–H groups in total. The lowest BCUT2D eigenvalue weighted by atomic mass is 10.1. The molecule has 0 bridgehead atoms. The molecule has 0 aliphatic rings. The van der Waals surface area contributed by atoms with E-state index in [1.807, 2.05) is 35.2 Å². The van der Waals surface area contributed by atoms with Crippen LogP contribution in [0.3, 0.4) is 0 Å². The zero-order chi connectivity index (χ0) is 42.8. The number of carboxylic acid groups (broad SMARTS) is 2. The molecule has 0 amide bonds. The van der Waals surface area contributed by atoms with Crippen LogP contribution in [0, 0.1) is 0 Å². The van der Waals surface area contributed by atoms with Crippen LogP contribution >= 0.6 is 0 Å². The van der Waals surface area contributed by atoms with Crippen LogP contribution in [0.1, 0.15) is 195 Å². The van der Waals surface area contributed by atoms with Crippen molar-refractivity contribution in [3.8, 4) is 0 Å². The maximum absolute atomic E-state index is 10.3. The van der Waals surface area contributed by atoms with Crippen LogP contribution in [0.25, 0.3) is 0 Å². The smallest absolute Gasteiger partial charge is 0.303 e. The van der Waals surface area contributed by atoms with E-state index in [1.54, 1.807) is 13.8 Å². The van der Waals surface area contributed by atoms with Crippen LogP contribution in [0.15, 0.2) is 54.6 Å². The van der Waals surface area contributed by atoms with Gasteiger partial charge in [0.05, 0.1) is 24.4 Å². The summed E-state index contributed by atoms with van der Waals surface area (Å²) in [7, 11) is 0. The highest BCUT2D eigenvalue weighted by atomic mass is 16.4. The summed E-state index contributed by atoms with van der Waals surface area (Å²) >= 11 is 0. The summed E-state index contributed by atoms with van der Waals surface area (Å²) in [6.45, 7) is 8.97. The summed E-state index contributed by atoms with van der Waals surface area (Å²) in [4.78, 5) is 22.6. The van der Waals surface area contributed by atoms with Crippen molar-refractivity contribution in [1.29, 1.82) is 0 Å². The minimum atomic E-state index is -0.689. The van der Waals surface area contributed by atoms with Gasteiger partial charge in [0.2, 0.25) is 0 Å². The minimum Gasteiger partial charge on any atom is -0.481 e. The Morgan fingerprint density at radius 3 is 1.26 bits per heavy atom. The van der Waals surface area contributed by atoms with Gasteiger partial charge in [0, 0.05) is 31.6 Å². The Morgan fingerprint density at radius 2 is 0.895 bits per heavy atom. The number of rotatable bonds is 35. The minimum absolute atomic E-state index is 0.172. The number of unbranched alkanes of at least 4 members (excludes halogenated alkanes) is 16. The van der Waals surface area contributed by atoms with Crippen LogP contribution in [-0.4, -0.2) is 80.1 Å². The summed E-state index contributed by atoms with van der Waals surface area (Å²) in [5.41, 5.74) is 1.03. The van der Waals surface area contributed by atoms with E-state index >= 15 is 0 Å². The highest BCUT2D eigenvalue weighted by Crippen LogP contribution is 2.15. The van der Waals surface area contributed by atoms with E-state index < -0.39 is 24.1 Å². The average molecular weight is 806 g/mol. The molecule has 332 valence electrons. The molecule has 4 atom stereocenters. The van der Waals surface area contributed by atoms with Crippen LogP contribution in [0.5, 0.6) is 0 Å². The number of aliphatic hydroxyl groups excluding tert-OH is 4. The first-order valence-corrected chi connectivity index (χ1v) is 22.7. The topological polar surface area (TPSA) is 159 Å². The van der Waals surface area contributed by atoms with E-state index in [0.29, 0.717) is 25.9 Å². The van der Waals surface area contributed by atoms with Gasteiger partial charge in [-0.25, -0.2) is 0 Å². The predicted molar refractivity (Wildman–Crippen MR) is 239 cm³/mol. The monoisotopic (exact) mass is 806 g/mol. The Kier molecular flexibility index (Phi) is 42.4. The number of allylic oxidation sites excluding steroid dienone is 2. The number of anilines is 1. The molecule has 1 aromatic carbocycles. The maximum Gasteiger partial charge on any atom is 0.303 e. The van der Waals surface area contributed by atoms with Crippen molar-refractivity contribution in [2.45, 2.75) is 219 Å². The van der Waals surface area contributed by atoms with Crippen molar-refractivity contribution < 1.29 is 40.2 Å². The zero-order valence-electron chi connectivity index (χ0n) is 36.8. The third-order valence-corrected chi connectivity index (χ3v) is 9.54. The van der Waals surface area contributed by atoms with Crippen molar-refractivity contribution in [3.05, 3.63) is 54.6 Å². The first-order chi connectivity index (χ1) is 27.4. The van der Waals surface area contributed by atoms with Gasteiger partial charge in [-0.15, -0.1) is 0 Å². The van der Waals surface area contributed by atoms with E-state index in [9.17, 15) is 30.0 Å². The SMILES string of the molecule is CC(O)CN(CC(C)O)c1ccccc1.CCCCCC[C@@H](O)CC=CCCCCCCCC(=O)O.CCCCCC[C@@H](O)CC=CCCCCCCCC(=O)O. The van der Waals surface area contributed by atoms with Crippen LogP contribution < -0.4 is 4.90 Å². The highest BCUT2D eigenvalue weighted by molar-refractivity contribution is 5.66. The van der Waals surface area contributed by atoms with E-state index in [4.69, 9.17) is 10.2 Å². The Morgan fingerprint density at radius 1 is 0.526 bits per heavy atom. The molecule has 0 fully saturated rings. The number of nitrogens with zero attached hydrogens (tertiary/aromatic N) is 1. The van der Waals surface area contributed by atoms with Crippen molar-refractivity contribution in [2.24, 2.45) is 0 Å². The third kappa shape index (κ3) is 45.8. The molecule has 1 rings (SSSR count). The van der Waals surface area contributed by atoms with Gasteiger partial charge >= 0.3 is 11.9 Å². The fraction of sp³-hybridized carbons (Fsp3) is 0.750. The molecule has 2 unspecified atom stereocenters. The molecular formula is C48H87NO8. The van der Waals surface area contributed by atoms with Gasteiger partial charge in [-0.1, -0.05) is 146 Å². The van der Waals surface area contributed by atoms with E-state index in [-0.39, 0.29) is 12.2 Å². The molecule has 9 nitrogen and oxygen atoms in total. The molecule has 57 heavy (non-hydrogen) atoms. The molecule has 0 aliphatic heterocycles. The van der Waals surface area contributed by atoms with Crippen molar-refractivity contribution in [3.63, 3.8) is 0 Å². The summed E-state index contributed by atoms with van der Waals surface area (Å²) < 4.78 is 0. The number of para-hydroxylation sites is 1. The van der Waals surface area contributed by atoms with Gasteiger partial charge in [0.15, 0.2) is 0 Å². The Labute approximate surface area is 348 Å². The van der Waals surface area contributed by atoms with Gasteiger partial charge in [-0.05, 0) is 90.2 Å². The largest absolute Gasteiger partial charge is 0.481 e. The second-order valence-corrected chi connectivity index (χ2v) is 15.8. The Hall–Kier alpha value is -2.72. The fourth-order valence-electron chi connectivity index (χ4n) is 6.29.